The first-order valence-electron chi connectivity index (χ1n) is 15.7. The summed E-state index contributed by atoms with van der Waals surface area (Å²) in [6, 6.07) is 0. The minimum atomic E-state index is 0.343. The molecule has 0 aliphatic heterocycles. The third-order valence-corrected chi connectivity index (χ3v) is 6.63. The van der Waals surface area contributed by atoms with Gasteiger partial charge in [-0.2, -0.15) is 0 Å². The van der Waals surface area contributed by atoms with Crippen molar-refractivity contribution in [1.29, 1.82) is 0 Å². The van der Waals surface area contributed by atoms with Crippen LogP contribution in [-0.2, 0) is 55.3 Å². The molecule has 0 saturated heterocycles. The van der Waals surface area contributed by atoms with Gasteiger partial charge in [0.05, 0.1) is 6.61 Å². The zero-order valence-corrected chi connectivity index (χ0v) is 25.7. The van der Waals surface area contributed by atoms with E-state index >= 15 is 0 Å². The van der Waals surface area contributed by atoms with Gasteiger partial charge < -0.3 is 11.1 Å². The Morgan fingerprint density at radius 1 is 0.381 bits per heavy atom. The van der Waals surface area contributed by atoms with Crippen LogP contribution in [0.5, 0.6) is 0 Å². The standard InChI is InChI=1S/C27H56O12.N3/c1-2-3-4-5-6-7-8-9-10-11-12-13-14-15-16-17-18-19-20-21-22-23-24-25-26-27-29-31-33-35-37-39-38-36-34-32-30-28;1-3-2/h28H,2-27H2,1H3;/q;-1. The summed E-state index contributed by atoms with van der Waals surface area (Å²) in [6.45, 7) is 2.63. The summed E-state index contributed by atoms with van der Waals surface area (Å²) in [4.78, 5) is 6.20. The van der Waals surface area contributed by atoms with Crippen molar-refractivity contribution in [1.82, 2.24) is 0 Å². The Morgan fingerprint density at radius 2 is 0.619 bits per heavy atom. The van der Waals surface area contributed by atoms with Crippen molar-refractivity contribution >= 4 is 0 Å². The van der Waals surface area contributed by atoms with Crippen molar-refractivity contribution in [3.05, 3.63) is 16.0 Å². The molecule has 0 fully saturated rings. The van der Waals surface area contributed by atoms with Gasteiger partial charge in [0.25, 0.3) is 0 Å². The zero-order chi connectivity index (χ0) is 30.9. The van der Waals surface area contributed by atoms with E-state index < -0.39 is 0 Å². The van der Waals surface area contributed by atoms with Crippen LogP contribution in [0.2, 0.25) is 0 Å². The summed E-state index contributed by atoms with van der Waals surface area (Å²) < 4.78 is 0. The lowest BCUT2D eigenvalue weighted by molar-refractivity contribution is -0.862. The quantitative estimate of drug-likeness (QED) is 0.0176. The van der Waals surface area contributed by atoms with Crippen molar-refractivity contribution in [3.63, 3.8) is 0 Å². The predicted molar refractivity (Wildman–Crippen MR) is 151 cm³/mol. The minimum absolute atomic E-state index is 0.343. The Labute approximate surface area is 250 Å². The first-order chi connectivity index (χ1) is 20.8. The average molecular weight is 615 g/mol. The first-order valence-corrected chi connectivity index (χ1v) is 15.7. The Balaban J connectivity index is 0. The molecule has 0 aromatic carbocycles. The van der Waals surface area contributed by atoms with E-state index in [1.807, 2.05) is 0 Å². The summed E-state index contributed by atoms with van der Waals surface area (Å²) in [5, 5.41) is 44.2. The molecule has 0 rings (SSSR count). The number of rotatable bonds is 36. The van der Waals surface area contributed by atoms with Gasteiger partial charge in [-0.1, -0.05) is 161 Å². The fourth-order valence-corrected chi connectivity index (χ4v) is 4.45. The van der Waals surface area contributed by atoms with Crippen LogP contribution in [0.15, 0.2) is 0 Å². The maximum absolute atomic E-state index is 7.66. The van der Waals surface area contributed by atoms with E-state index in [-0.39, 0.29) is 0 Å². The zero-order valence-electron chi connectivity index (χ0n) is 25.7. The molecular formula is C27H56N3O12-. The Bertz CT molecular complexity index is 471. The van der Waals surface area contributed by atoms with E-state index in [4.69, 9.17) is 21.2 Å². The van der Waals surface area contributed by atoms with Crippen LogP contribution in [-0.4, -0.2) is 11.9 Å². The van der Waals surface area contributed by atoms with Crippen LogP contribution in [0.25, 0.3) is 16.0 Å². The molecule has 15 nitrogen and oxygen atoms in total. The maximum Gasteiger partial charge on any atom is 0.0855 e. The summed E-state index contributed by atoms with van der Waals surface area (Å²) in [6.07, 6.45) is 34.0. The highest BCUT2D eigenvalue weighted by atomic mass is 18.0. The van der Waals surface area contributed by atoms with E-state index in [1.54, 1.807) is 0 Å². The molecule has 15 heteroatoms. The second-order valence-electron chi connectivity index (χ2n) is 10.1. The molecule has 0 saturated carbocycles. The highest BCUT2D eigenvalue weighted by molar-refractivity contribution is 4.51. The molecule has 0 aliphatic rings. The molecule has 42 heavy (non-hydrogen) atoms. The molecule has 1 N–H and O–H groups in total. The normalized spacial score (nSPS) is 10.9. The van der Waals surface area contributed by atoms with Crippen molar-refractivity contribution in [2.24, 2.45) is 0 Å². The molecule has 0 aliphatic carbocycles. The first kappa shape index (κ1) is 43.0. The van der Waals surface area contributed by atoms with E-state index in [2.05, 4.69) is 57.3 Å². The second kappa shape index (κ2) is 44.3. The Kier molecular flexibility index (Phi) is 45.3. The predicted octanol–water partition coefficient (Wildman–Crippen LogP) is 10.4. The Morgan fingerprint density at radius 3 is 0.905 bits per heavy atom. The van der Waals surface area contributed by atoms with Gasteiger partial charge in [0.2, 0.25) is 0 Å². The molecule has 252 valence electrons. The van der Waals surface area contributed by atoms with E-state index in [9.17, 15) is 0 Å². The lowest BCUT2D eigenvalue weighted by Gasteiger charge is -2.04. The van der Waals surface area contributed by atoms with Crippen molar-refractivity contribution in [2.45, 2.75) is 167 Å². The van der Waals surface area contributed by atoms with Gasteiger partial charge >= 0.3 is 0 Å². The third-order valence-electron chi connectivity index (χ3n) is 6.63. The van der Waals surface area contributed by atoms with Crippen LogP contribution < -0.4 is 0 Å². The lowest BCUT2D eigenvalue weighted by Crippen LogP contribution is -2.04. The molecule has 0 unspecified atom stereocenters. The molecule has 0 bridgehead atoms. The van der Waals surface area contributed by atoms with Crippen LogP contribution in [0.1, 0.15) is 167 Å². The molecule has 0 atom stereocenters. The fraction of sp³-hybridized carbons (Fsp3) is 1.00. The van der Waals surface area contributed by atoms with Gasteiger partial charge in [-0.15, -0.1) is 0 Å². The monoisotopic (exact) mass is 614 g/mol. The van der Waals surface area contributed by atoms with Crippen LogP contribution in [0, 0.1) is 0 Å². The molecule has 0 aromatic rings. The minimum Gasteiger partial charge on any atom is -0.373 e. The second-order valence-corrected chi connectivity index (χ2v) is 10.1. The highest BCUT2D eigenvalue weighted by Gasteiger charge is 1.99. The fourth-order valence-electron chi connectivity index (χ4n) is 4.45. The summed E-state index contributed by atoms with van der Waals surface area (Å²) in [5.74, 6) is 0. The topological polar surface area (TPSA) is 180 Å². The van der Waals surface area contributed by atoms with Crippen LogP contribution in [0.4, 0.5) is 0 Å². The number of unbranched alkanes of at least 4 members (excludes halogenated alkanes) is 24. The Hall–Kier alpha value is -1.17. The van der Waals surface area contributed by atoms with Crippen LogP contribution in [0.3, 0.4) is 0 Å². The number of hydrogen-bond acceptors (Lipinski definition) is 12. The van der Waals surface area contributed by atoms with Crippen molar-refractivity contribution < 1.29 is 60.5 Å². The van der Waals surface area contributed by atoms with E-state index in [1.165, 1.54) is 153 Å². The van der Waals surface area contributed by atoms with Gasteiger partial charge in [-0.3, -0.25) is 4.91 Å². The average Bonchev–Trinajstić information content (AvgIpc) is 2.99. The summed E-state index contributed by atoms with van der Waals surface area (Å²) in [5.41, 5.74) is 13.5. The number of nitrogens with zero attached hydrogens (tertiary/aromatic N) is 3. The summed E-state index contributed by atoms with van der Waals surface area (Å²) in [7, 11) is 0. The van der Waals surface area contributed by atoms with Crippen LogP contribution >= 0.6 is 0 Å². The maximum atomic E-state index is 7.66. The van der Waals surface area contributed by atoms with Gasteiger partial charge in [-0.25, -0.2) is 10.1 Å². The summed E-state index contributed by atoms with van der Waals surface area (Å²) >= 11 is 0. The SMILES string of the molecule is CCCCCCCCCCCCCCCCCCCCCCCCCCCOOOOOOOOOOOO.[N-]=[N+]=[N-]. The molecule has 0 radical (unpaired) electrons. The lowest BCUT2D eigenvalue weighted by atomic mass is 10.0. The van der Waals surface area contributed by atoms with Gasteiger partial charge in [0.15, 0.2) is 0 Å². The largest absolute Gasteiger partial charge is 0.373 e. The van der Waals surface area contributed by atoms with E-state index in [0.29, 0.717) is 6.61 Å². The van der Waals surface area contributed by atoms with Crippen molar-refractivity contribution in [2.75, 3.05) is 6.61 Å². The molecule has 0 heterocycles. The molecular weight excluding hydrogens is 558 g/mol. The molecule has 0 spiro atoms. The smallest absolute Gasteiger partial charge is 0.0855 e. The molecule has 0 amide bonds. The highest BCUT2D eigenvalue weighted by Crippen LogP contribution is 2.15. The van der Waals surface area contributed by atoms with E-state index in [0.717, 1.165) is 12.8 Å². The molecule has 0 aromatic heterocycles. The third kappa shape index (κ3) is 45.8. The van der Waals surface area contributed by atoms with Gasteiger partial charge in [-0.05, 0) is 56.8 Å². The van der Waals surface area contributed by atoms with Gasteiger partial charge in [0.1, 0.15) is 0 Å². The number of hydrogen-bond donors (Lipinski definition) is 1. The van der Waals surface area contributed by atoms with Gasteiger partial charge in [0, 0.05) is 0 Å². The van der Waals surface area contributed by atoms with Crippen molar-refractivity contribution in [3.8, 4) is 0 Å².